The normalized spacial score (nSPS) is 10.7. The minimum atomic E-state index is -0.0203. The van der Waals surface area contributed by atoms with Crippen LogP contribution in [-0.2, 0) is 17.1 Å². The van der Waals surface area contributed by atoms with Crippen molar-refractivity contribution in [2.24, 2.45) is 9.98 Å². The Bertz CT molecular complexity index is 776. The fourth-order valence-corrected chi connectivity index (χ4v) is 4.45. The molecule has 0 aliphatic carbocycles. The van der Waals surface area contributed by atoms with E-state index < -0.39 is 0 Å². The van der Waals surface area contributed by atoms with Gasteiger partial charge in [-0.25, -0.2) is 0 Å². The summed E-state index contributed by atoms with van der Waals surface area (Å²) in [5.74, 6) is -0.0406. The Kier molecular flexibility index (Phi) is 15.5. The van der Waals surface area contributed by atoms with Gasteiger partial charge in [0.2, 0.25) is 0 Å². The number of nitrogens with zero attached hydrogens (tertiary/aromatic N) is 2. The Morgan fingerprint density at radius 3 is 1.38 bits per heavy atom. The van der Waals surface area contributed by atoms with Crippen molar-refractivity contribution in [3.63, 3.8) is 0 Å². The van der Waals surface area contributed by atoms with E-state index in [0.717, 1.165) is 34.9 Å². The van der Waals surface area contributed by atoms with Gasteiger partial charge in [-0.15, -0.1) is 0 Å². The van der Waals surface area contributed by atoms with Gasteiger partial charge in [0.05, 0.1) is 0 Å². The number of halogens is 4. The molecule has 4 nitrogen and oxygen atoms in total. The number of hydrogen-bond acceptors (Lipinski definition) is 4. The summed E-state index contributed by atoms with van der Waals surface area (Å²) in [6.45, 7) is 5.60. The zero-order valence-electron chi connectivity index (χ0n) is 15.8. The number of rotatable bonds is 6. The van der Waals surface area contributed by atoms with Crippen LogP contribution in [-0.4, -0.2) is 25.5 Å². The topological polar surface area (TPSA) is 70.8 Å². The molecule has 0 heterocycles. The van der Waals surface area contributed by atoms with Crippen molar-refractivity contribution in [1.82, 2.24) is 0 Å². The standard InChI is InChI=1S/2C10H11Br2NO.Cu/c2*1-2-3-13-6-7-4-8(11)5-9(12)10(7)14;/h2*4-6,14H,2-3H2,1H3;/q;;+2/p-2. The Hall–Kier alpha value is -0.181. The smallest absolute Gasteiger partial charge is 0.871 e. The number of benzene rings is 2. The third-order valence-corrected chi connectivity index (χ3v) is 5.33. The Balaban J connectivity index is 0.000000523. The summed E-state index contributed by atoms with van der Waals surface area (Å²) >= 11 is 13.1. The van der Waals surface area contributed by atoms with Gasteiger partial charge in [0, 0.05) is 43.4 Å². The van der Waals surface area contributed by atoms with Crippen molar-refractivity contribution in [2.75, 3.05) is 13.1 Å². The van der Waals surface area contributed by atoms with Crippen LogP contribution in [0.5, 0.6) is 11.5 Å². The maximum Gasteiger partial charge on any atom is 2.00 e. The maximum atomic E-state index is 11.6. The van der Waals surface area contributed by atoms with Crippen molar-refractivity contribution in [3.8, 4) is 11.5 Å². The summed E-state index contributed by atoms with van der Waals surface area (Å²) < 4.78 is 2.87. The third kappa shape index (κ3) is 10.6. The molecule has 161 valence electrons. The minimum Gasteiger partial charge on any atom is -0.871 e. The van der Waals surface area contributed by atoms with Gasteiger partial charge in [-0.1, -0.05) is 89.1 Å². The molecule has 0 amide bonds. The largest absolute Gasteiger partial charge is 2.00 e. The second kappa shape index (κ2) is 15.6. The molecule has 0 N–H and O–H groups in total. The first-order valence-corrected chi connectivity index (χ1v) is 11.8. The van der Waals surface area contributed by atoms with Crippen molar-refractivity contribution in [3.05, 3.63) is 53.3 Å². The first-order chi connectivity index (χ1) is 13.3. The van der Waals surface area contributed by atoms with Gasteiger partial charge >= 0.3 is 17.1 Å². The van der Waals surface area contributed by atoms with Crippen molar-refractivity contribution >= 4 is 76.1 Å². The molecule has 0 unspecified atom stereocenters. The van der Waals surface area contributed by atoms with E-state index in [9.17, 15) is 10.2 Å². The summed E-state index contributed by atoms with van der Waals surface area (Å²) in [6.07, 6.45) is 5.22. The van der Waals surface area contributed by atoms with Crippen LogP contribution in [0.15, 0.2) is 52.1 Å². The monoisotopic (exact) mass is 699 g/mol. The van der Waals surface area contributed by atoms with Crippen LogP contribution in [0, 0.1) is 0 Å². The van der Waals surface area contributed by atoms with Crippen LogP contribution in [0.2, 0.25) is 0 Å². The van der Waals surface area contributed by atoms with E-state index in [4.69, 9.17) is 0 Å². The van der Waals surface area contributed by atoms with Gasteiger partial charge in [0.1, 0.15) is 0 Å². The van der Waals surface area contributed by atoms with E-state index in [1.54, 1.807) is 36.7 Å². The van der Waals surface area contributed by atoms with Crippen molar-refractivity contribution in [2.45, 2.75) is 26.7 Å². The molecule has 0 aromatic heterocycles. The molecule has 2 aromatic carbocycles. The van der Waals surface area contributed by atoms with Gasteiger partial charge in [-0.2, -0.15) is 0 Å². The summed E-state index contributed by atoms with van der Waals surface area (Å²) in [6, 6.07) is 7.01. The third-order valence-electron chi connectivity index (χ3n) is 3.24. The van der Waals surface area contributed by atoms with E-state index in [0.29, 0.717) is 20.1 Å². The molecule has 0 aliphatic rings. The zero-order chi connectivity index (χ0) is 21.1. The van der Waals surface area contributed by atoms with Crippen LogP contribution in [0.1, 0.15) is 37.8 Å². The molecule has 9 heteroatoms. The molecule has 0 fully saturated rings. The van der Waals surface area contributed by atoms with E-state index in [2.05, 4.69) is 73.7 Å². The maximum absolute atomic E-state index is 11.6. The van der Waals surface area contributed by atoms with Gasteiger partial charge in [0.25, 0.3) is 0 Å². The minimum absolute atomic E-state index is 0. The van der Waals surface area contributed by atoms with Gasteiger partial charge in [-0.3, -0.25) is 9.98 Å². The molecule has 0 bridgehead atoms. The summed E-state index contributed by atoms with van der Waals surface area (Å²) in [7, 11) is 0. The van der Waals surface area contributed by atoms with Gasteiger partial charge in [-0.05, 0) is 48.2 Å². The first kappa shape index (κ1) is 28.8. The molecule has 0 atom stereocenters. The molecule has 2 rings (SSSR count). The molecule has 0 aliphatic heterocycles. The Morgan fingerprint density at radius 2 is 1.07 bits per heavy atom. The van der Waals surface area contributed by atoms with Crippen LogP contribution in [0.25, 0.3) is 0 Å². The van der Waals surface area contributed by atoms with Crippen molar-refractivity contribution < 1.29 is 27.3 Å². The first-order valence-electron chi connectivity index (χ1n) is 8.61. The molecule has 0 saturated heterocycles. The molecule has 0 saturated carbocycles. The summed E-state index contributed by atoms with van der Waals surface area (Å²) in [5.41, 5.74) is 1.22. The SMILES string of the molecule is CCCN=Cc1cc(Br)cc(Br)c1[O-].CCCN=Cc1cc(Br)cc(Br)c1[O-].[Cu+2]. The van der Waals surface area contributed by atoms with E-state index >= 15 is 0 Å². The second-order valence-corrected chi connectivity index (χ2v) is 9.22. The second-order valence-electron chi connectivity index (χ2n) is 5.68. The summed E-state index contributed by atoms with van der Waals surface area (Å²) in [4.78, 5) is 8.27. The Labute approximate surface area is 216 Å². The average Bonchev–Trinajstić information content (AvgIpc) is 2.64. The molecular formula is C20H20Br4CuN2O2. The summed E-state index contributed by atoms with van der Waals surface area (Å²) in [5, 5.41) is 23.1. The predicted octanol–water partition coefficient (Wildman–Crippen LogP) is 6.23. The van der Waals surface area contributed by atoms with Crippen LogP contribution in [0.3, 0.4) is 0 Å². The average molecular weight is 704 g/mol. The van der Waals surface area contributed by atoms with Gasteiger partial charge in [0.15, 0.2) is 0 Å². The van der Waals surface area contributed by atoms with E-state index in [1.165, 1.54) is 0 Å². The fourth-order valence-electron chi connectivity index (χ4n) is 1.94. The van der Waals surface area contributed by atoms with E-state index in [1.807, 2.05) is 13.8 Å². The molecule has 2 aromatic rings. The van der Waals surface area contributed by atoms with Crippen molar-refractivity contribution in [1.29, 1.82) is 0 Å². The molecule has 0 spiro atoms. The van der Waals surface area contributed by atoms with Crippen LogP contribution in [0.4, 0.5) is 0 Å². The molecular weight excluding hydrogens is 683 g/mol. The fraction of sp³-hybridized carbons (Fsp3) is 0.300. The quantitative estimate of drug-likeness (QED) is 0.265. The number of aliphatic imine (C=N–C) groups is 2. The zero-order valence-corrected chi connectivity index (χ0v) is 23.1. The predicted molar refractivity (Wildman–Crippen MR) is 128 cm³/mol. The molecule has 29 heavy (non-hydrogen) atoms. The molecule has 1 radical (unpaired) electrons. The van der Waals surface area contributed by atoms with E-state index in [-0.39, 0.29) is 28.6 Å². The van der Waals surface area contributed by atoms with Crippen LogP contribution < -0.4 is 10.2 Å². The van der Waals surface area contributed by atoms with Crippen LogP contribution >= 0.6 is 63.7 Å². The van der Waals surface area contributed by atoms with Gasteiger partial charge < -0.3 is 10.2 Å². The Morgan fingerprint density at radius 1 is 0.724 bits per heavy atom. The number of hydrogen-bond donors (Lipinski definition) is 0.